The Morgan fingerprint density at radius 1 is 1.11 bits per heavy atom. The molecule has 0 spiro atoms. The van der Waals surface area contributed by atoms with Gasteiger partial charge in [0.05, 0.1) is 7.11 Å². The first-order valence-electron chi connectivity index (χ1n) is 5.67. The molecule has 0 aliphatic carbocycles. The smallest absolute Gasteiger partial charge is 0.195 e. The third-order valence-corrected chi connectivity index (χ3v) is 2.92. The van der Waals surface area contributed by atoms with Crippen molar-refractivity contribution in [3.63, 3.8) is 0 Å². The van der Waals surface area contributed by atoms with Crippen molar-refractivity contribution in [1.82, 2.24) is 0 Å². The summed E-state index contributed by atoms with van der Waals surface area (Å²) in [6.45, 7) is 1.89. The standard InChI is InChI=1S/C15H15NO2/c1-10-4-3-5-13(14(10)16)15(17)11-6-8-12(18-2)9-7-11/h3-9H,16H2,1-2H3. The Bertz CT molecular complexity index is 574. The van der Waals surface area contributed by atoms with Gasteiger partial charge in [-0.15, -0.1) is 0 Å². The number of carbonyl (C=O) groups is 1. The zero-order chi connectivity index (χ0) is 13.1. The van der Waals surface area contributed by atoms with Crippen molar-refractivity contribution in [2.75, 3.05) is 12.8 Å². The van der Waals surface area contributed by atoms with Crippen LogP contribution in [-0.2, 0) is 0 Å². The summed E-state index contributed by atoms with van der Waals surface area (Å²) in [6, 6.07) is 12.5. The van der Waals surface area contributed by atoms with Crippen molar-refractivity contribution < 1.29 is 9.53 Å². The van der Waals surface area contributed by atoms with E-state index in [4.69, 9.17) is 10.5 Å². The van der Waals surface area contributed by atoms with E-state index in [-0.39, 0.29) is 5.78 Å². The monoisotopic (exact) mass is 241 g/mol. The zero-order valence-electron chi connectivity index (χ0n) is 10.4. The van der Waals surface area contributed by atoms with Crippen molar-refractivity contribution in [1.29, 1.82) is 0 Å². The molecule has 0 amide bonds. The van der Waals surface area contributed by atoms with Gasteiger partial charge in [0.25, 0.3) is 0 Å². The van der Waals surface area contributed by atoms with Gasteiger partial charge in [-0.2, -0.15) is 0 Å². The van der Waals surface area contributed by atoms with Gasteiger partial charge in [0.1, 0.15) is 5.75 Å². The number of nitrogens with two attached hydrogens (primary N) is 1. The van der Waals surface area contributed by atoms with E-state index in [9.17, 15) is 4.79 Å². The van der Waals surface area contributed by atoms with Crippen molar-refractivity contribution in [2.24, 2.45) is 0 Å². The molecule has 3 nitrogen and oxygen atoms in total. The number of hydrogen-bond donors (Lipinski definition) is 1. The van der Waals surface area contributed by atoms with Gasteiger partial charge in [0.15, 0.2) is 5.78 Å². The summed E-state index contributed by atoms with van der Waals surface area (Å²) < 4.78 is 5.06. The lowest BCUT2D eigenvalue weighted by Crippen LogP contribution is -2.06. The molecular weight excluding hydrogens is 226 g/mol. The fourth-order valence-electron chi connectivity index (χ4n) is 1.78. The molecule has 18 heavy (non-hydrogen) atoms. The number of hydrogen-bond acceptors (Lipinski definition) is 3. The molecule has 0 unspecified atom stereocenters. The predicted molar refractivity (Wildman–Crippen MR) is 72.0 cm³/mol. The van der Waals surface area contributed by atoms with Crippen LogP contribution in [0.1, 0.15) is 21.5 Å². The molecular formula is C15H15NO2. The Labute approximate surface area is 106 Å². The molecule has 3 heteroatoms. The van der Waals surface area contributed by atoms with Gasteiger partial charge < -0.3 is 10.5 Å². The summed E-state index contributed by atoms with van der Waals surface area (Å²) >= 11 is 0. The van der Waals surface area contributed by atoms with Gasteiger partial charge in [-0.05, 0) is 42.8 Å². The minimum absolute atomic E-state index is 0.0705. The molecule has 2 aromatic rings. The van der Waals surface area contributed by atoms with E-state index in [1.54, 1.807) is 37.4 Å². The number of carbonyl (C=O) groups excluding carboxylic acids is 1. The first-order chi connectivity index (χ1) is 8.63. The predicted octanol–water partition coefficient (Wildman–Crippen LogP) is 2.82. The van der Waals surface area contributed by atoms with Crippen LogP contribution in [0.4, 0.5) is 5.69 Å². The Balaban J connectivity index is 2.38. The number of benzene rings is 2. The molecule has 0 atom stereocenters. The lowest BCUT2D eigenvalue weighted by atomic mass is 9.99. The molecule has 0 heterocycles. The van der Waals surface area contributed by atoms with Crippen LogP contribution in [0, 0.1) is 6.92 Å². The molecule has 92 valence electrons. The van der Waals surface area contributed by atoms with Crippen LogP contribution in [0.5, 0.6) is 5.75 Å². The van der Waals surface area contributed by atoms with E-state index in [0.29, 0.717) is 16.8 Å². The SMILES string of the molecule is COc1ccc(C(=O)c2cccc(C)c2N)cc1. The molecule has 0 saturated heterocycles. The average molecular weight is 241 g/mol. The number of aryl methyl sites for hydroxylation is 1. The maximum absolute atomic E-state index is 12.3. The second-order valence-corrected chi connectivity index (χ2v) is 4.09. The van der Waals surface area contributed by atoms with Crippen molar-refractivity contribution in [2.45, 2.75) is 6.92 Å². The average Bonchev–Trinajstić information content (AvgIpc) is 2.41. The van der Waals surface area contributed by atoms with E-state index in [0.717, 1.165) is 11.3 Å². The van der Waals surface area contributed by atoms with Crippen molar-refractivity contribution >= 4 is 11.5 Å². The molecule has 0 radical (unpaired) electrons. The summed E-state index contributed by atoms with van der Waals surface area (Å²) in [6.07, 6.45) is 0. The molecule has 0 saturated carbocycles. The van der Waals surface area contributed by atoms with Crippen LogP contribution >= 0.6 is 0 Å². The third-order valence-electron chi connectivity index (χ3n) is 2.92. The quantitative estimate of drug-likeness (QED) is 0.664. The summed E-state index contributed by atoms with van der Waals surface area (Å²) in [5, 5.41) is 0. The highest BCUT2D eigenvalue weighted by Gasteiger charge is 2.13. The number of anilines is 1. The lowest BCUT2D eigenvalue weighted by Gasteiger charge is -2.08. The van der Waals surface area contributed by atoms with Crippen molar-refractivity contribution in [3.8, 4) is 5.75 Å². The van der Waals surface area contributed by atoms with Gasteiger partial charge in [0.2, 0.25) is 0 Å². The first kappa shape index (κ1) is 12.2. The van der Waals surface area contributed by atoms with E-state index in [1.807, 2.05) is 19.1 Å². The van der Waals surface area contributed by atoms with Gasteiger partial charge in [-0.25, -0.2) is 0 Å². The van der Waals surface area contributed by atoms with Crippen LogP contribution in [0.3, 0.4) is 0 Å². The van der Waals surface area contributed by atoms with Crippen LogP contribution in [0.2, 0.25) is 0 Å². The normalized spacial score (nSPS) is 10.1. The Kier molecular flexibility index (Phi) is 3.33. The summed E-state index contributed by atoms with van der Waals surface area (Å²) in [5.74, 6) is 0.655. The van der Waals surface area contributed by atoms with Crippen LogP contribution in [0.25, 0.3) is 0 Å². The number of methoxy groups -OCH3 is 1. The van der Waals surface area contributed by atoms with Gasteiger partial charge in [-0.1, -0.05) is 12.1 Å². The minimum Gasteiger partial charge on any atom is -0.497 e. The van der Waals surface area contributed by atoms with Gasteiger partial charge in [-0.3, -0.25) is 4.79 Å². The minimum atomic E-state index is -0.0705. The highest BCUT2D eigenvalue weighted by Crippen LogP contribution is 2.21. The highest BCUT2D eigenvalue weighted by atomic mass is 16.5. The van der Waals surface area contributed by atoms with Crippen LogP contribution < -0.4 is 10.5 Å². The fourth-order valence-corrected chi connectivity index (χ4v) is 1.78. The molecule has 2 aromatic carbocycles. The Morgan fingerprint density at radius 2 is 1.78 bits per heavy atom. The van der Waals surface area contributed by atoms with Crippen LogP contribution in [-0.4, -0.2) is 12.9 Å². The van der Waals surface area contributed by atoms with Gasteiger partial charge >= 0.3 is 0 Å². The van der Waals surface area contributed by atoms with E-state index in [1.165, 1.54) is 0 Å². The molecule has 0 aromatic heterocycles. The zero-order valence-corrected chi connectivity index (χ0v) is 10.4. The molecule has 0 bridgehead atoms. The molecule has 2 N–H and O–H groups in total. The third kappa shape index (κ3) is 2.20. The highest BCUT2D eigenvalue weighted by molar-refractivity contribution is 6.12. The number of ketones is 1. The second-order valence-electron chi connectivity index (χ2n) is 4.09. The Morgan fingerprint density at radius 3 is 2.39 bits per heavy atom. The number of ether oxygens (including phenoxy) is 1. The summed E-state index contributed by atoms with van der Waals surface area (Å²) in [4.78, 5) is 12.3. The van der Waals surface area contributed by atoms with E-state index < -0.39 is 0 Å². The van der Waals surface area contributed by atoms with E-state index >= 15 is 0 Å². The molecule has 0 fully saturated rings. The summed E-state index contributed by atoms with van der Waals surface area (Å²) in [5.41, 5.74) is 8.53. The lowest BCUT2D eigenvalue weighted by molar-refractivity contribution is 0.103. The molecule has 0 aliphatic rings. The maximum atomic E-state index is 12.3. The van der Waals surface area contributed by atoms with Crippen LogP contribution in [0.15, 0.2) is 42.5 Å². The maximum Gasteiger partial charge on any atom is 0.195 e. The first-order valence-corrected chi connectivity index (χ1v) is 5.67. The number of para-hydroxylation sites is 1. The molecule has 2 rings (SSSR count). The Hall–Kier alpha value is -2.29. The number of rotatable bonds is 3. The number of nitrogen functional groups attached to an aromatic ring is 1. The van der Waals surface area contributed by atoms with E-state index in [2.05, 4.69) is 0 Å². The van der Waals surface area contributed by atoms with Crippen molar-refractivity contribution in [3.05, 3.63) is 59.2 Å². The largest absolute Gasteiger partial charge is 0.497 e. The fraction of sp³-hybridized carbons (Fsp3) is 0.133. The summed E-state index contributed by atoms with van der Waals surface area (Å²) in [7, 11) is 1.59. The van der Waals surface area contributed by atoms with Gasteiger partial charge in [0, 0.05) is 16.8 Å². The topological polar surface area (TPSA) is 52.3 Å². The second kappa shape index (κ2) is 4.92. The molecule has 0 aliphatic heterocycles.